The van der Waals surface area contributed by atoms with Gasteiger partial charge in [-0.2, -0.15) is 13.9 Å². The van der Waals surface area contributed by atoms with Crippen molar-refractivity contribution in [1.29, 1.82) is 0 Å². The molecule has 1 atom stereocenters. The molecule has 6 nitrogen and oxygen atoms in total. The van der Waals surface area contributed by atoms with Crippen molar-refractivity contribution in [2.24, 2.45) is 0 Å². The molecule has 9 heteroatoms. The van der Waals surface area contributed by atoms with Crippen LogP contribution in [0.4, 0.5) is 23.7 Å². The highest BCUT2D eigenvalue weighted by atomic mass is 19.3. The van der Waals surface area contributed by atoms with Gasteiger partial charge in [-0.3, -0.25) is 9.88 Å². The number of halogens is 3. The van der Waals surface area contributed by atoms with Crippen molar-refractivity contribution in [3.05, 3.63) is 77.1 Å². The number of alkyl halides is 2. The number of aromatic nitrogens is 3. The van der Waals surface area contributed by atoms with Gasteiger partial charge in [0.2, 0.25) is 0 Å². The highest BCUT2D eigenvalue weighted by Crippen LogP contribution is 2.27. The van der Waals surface area contributed by atoms with E-state index in [1.807, 2.05) is 0 Å². The van der Waals surface area contributed by atoms with Crippen molar-refractivity contribution >= 4 is 11.7 Å². The maximum Gasteiger partial charge on any atom is 0.333 e. The molecule has 0 fully saturated rings. The van der Waals surface area contributed by atoms with Crippen LogP contribution in [-0.2, 0) is 6.42 Å². The molecule has 0 bridgehead atoms. The van der Waals surface area contributed by atoms with Crippen molar-refractivity contribution < 1.29 is 18.0 Å². The van der Waals surface area contributed by atoms with Crippen molar-refractivity contribution in [2.75, 3.05) is 11.4 Å². The minimum atomic E-state index is -2.72. The number of rotatable bonds is 3. The highest BCUT2D eigenvalue weighted by molar-refractivity contribution is 5.93. The van der Waals surface area contributed by atoms with E-state index in [-0.39, 0.29) is 17.9 Å². The summed E-state index contributed by atoms with van der Waals surface area (Å²) >= 11 is 0. The Bertz CT molecular complexity index is 1200. The van der Waals surface area contributed by atoms with Crippen molar-refractivity contribution in [3.63, 3.8) is 0 Å². The monoisotopic (exact) mass is 439 g/mol. The van der Waals surface area contributed by atoms with Crippen LogP contribution >= 0.6 is 0 Å². The Morgan fingerprint density at radius 2 is 2.00 bits per heavy atom. The fourth-order valence-electron chi connectivity index (χ4n) is 3.49. The van der Waals surface area contributed by atoms with E-state index >= 15 is 0 Å². The van der Waals surface area contributed by atoms with Gasteiger partial charge in [0.15, 0.2) is 0 Å². The fraction of sp³-hybridized carbons (Fsp3) is 0.261. The number of anilines is 1. The molecule has 0 unspecified atom stereocenters. The van der Waals surface area contributed by atoms with E-state index < -0.39 is 6.55 Å². The highest BCUT2D eigenvalue weighted by Gasteiger charge is 2.25. The number of benzene rings is 1. The maximum atomic E-state index is 13.5. The van der Waals surface area contributed by atoms with E-state index in [9.17, 15) is 18.0 Å². The Morgan fingerprint density at radius 1 is 1.19 bits per heavy atom. The number of nitrogens with one attached hydrogen (secondary N) is 1. The van der Waals surface area contributed by atoms with Crippen LogP contribution in [0.1, 0.15) is 48.3 Å². The van der Waals surface area contributed by atoms with Crippen LogP contribution in [0.2, 0.25) is 0 Å². The van der Waals surface area contributed by atoms with Gasteiger partial charge < -0.3 is 5.32 Å². The molecule has 3 heterocycles. The van der Waals surface area contributed by atoms with Gasteiger partial charge in [0.05, 0.1) is 29.2 Å². The molecule has 2 amide bonds. The van der Waals surface area contributed by atoms with Crippen LogP contribution in [0.3, 0.4) is 0 Å². The number of fused-ring (bicyclic) bond motifs is 1. The predicted octanol–water partition coefficient (Wildman–Crippen LogP) is 4.44. The van der Waals surface area contributed by atoms with E-state index in [0.717, 1.165) is 24.7 Å². The normalized spacial score (nSPS) is 13.8. The quantitative estimate of drug-likeness (QED) is 0.614. The topological polar surface area (TPSA) is 63.1 Å². The second-order valence-electron chi connectivity index (χ2n) is 7.41. The number of carbonyl (C=O) groups excluding carboxylic acids is 1. The van der Waals surface area contributed by atoms with Gasteiger partial charge in [0.25, 0.3) is 0 Å². The lowest BCUT2D eigenvalue weighted by Gasteiger charge is -2.30. The Morgan fingerprint density at radius 3 is 2.75 bits per heavy atom. The Labute approximate surface area is 183 Å². The molecule has 0 saturated carbocycles. The summed E-state index contributed by atoms with van der Waals surface area (Å²) in [6, 6.07) is 7.16. The lowest BCUT2D eigenvalue weighted by atomic mass is 10.1. The SMILES string of the molecule is C[C@H](NC(=O)N1CCCc2ncc(C#Cc3cnn(C(F)F)c3)cc21)c1cccc(F)c1. The van der Waals surface area contributed by atoms with Crippen molar-refractivity contribution in [1.82, 2.24) is 20.1 Å². The van der Waals surface area contributed by atoms with Crippen LogP contribution in [0.15, 0.2) is 48.9 Å². The molecule has 1 aromatic carbocycles. The van der Waals surface area contributed by atoms with Gasteiger partial charge >= 0.3 is 12.6 Å². The lowest BCUT2D eigenvalue weighted by molar-refractivity contribution is 0.0566. The largest absolute Gasteiger partial charge is 0.333 e. The average molecular weight is 439 g/mol. The molecule has 4 rings (SSSR count). The number of amides is 2. The summed E-state index contributed by atoms with van der Waals surface area (Å²) in [5.74, 6) is 5.31. The fourth-order valence-corrected chi connectivity index (χ4v) is 3.49. The van der Waals surface area contributed by atoms with E-state index in [0.29, 0.717) is 33.6 Å². The number of hydrogen-bond donors (Lipinski definition) is 1. The van der Waals surface area contributed by atoms with E-state index in [2.05, 4.69) is 27.2 Å². The number of pyridine rings is 1. The molecule has 0 aliphatic carbocycles. The van der Waals surface area contributed by atoms with Crippen LogP contribution < -0.4 is 10.2 Å². The van der Waals surface area contributed by atoms with E-state index in [1.165, 1.54) is 18.3 Å². The van der Waals surface area contributed by atoms with E-state index in [4.69, 9.17) is 0 Å². The molecule has 2 aromatic heterocycles. The van der Waals surface area contributed by atoms with Gasteiger partial charge in [0.1, 0.15) is 5.82 Å². The zero-order chi connectivity index (χ0) is 22.7. The smallest absolute Gasteiger partial charge is 0.331 e. The summed E-state index contributed by atoms with van der Waals surface area (Å²) in [4.78, 5) is 19.0. The maximum absolute atomic E-state index is 13.5. The van der Waals surface area contributed by atoms with Crippen molar-refractivity contribution in [2.45, 2.75) is 32.4 Å². The molecule has 3 aromatic rings. The third kappa shape index (κ3) is 4.75. The molecule has 0 spiro atoms. The minimum Gasteiger partial charge on any atom is -0.331 e. The third-order valence-corrected chi connectivity index (χ3v) is 5.12. The van der Waals surface area contributed by atoms with Gasteiger partial charge in [-0.25, -0.2) is 13.9 Å². The van der Waals surface area contributed by atoms with E-state index in [1.54, 1.807) is 36.2 Å². The molecular formula is C23H20F3N5O. The molecule has 32 heavy (non-hydrogen) atoms. The van der Waals surface area contributed by atoms with Gasteiger partial charge in [-0.15, -0.1) is 0 Å². The van der Waals surface area contributed by atoms with Crippen molar-refractivity contribution in [3.8, 4) is 11.8 Å². The van der Waals surface area contributed by atoms with Crippen LogP contribution in [0.25, 0.3) is 0 Å². The predicted molar refractivity (Wildman–Crippen MR) is 113 cm³/mol. The third-order valence-electron chi connectivity index (χ3n) is 5.12. The minimum absolute atomic E-state index is 0.312. The van der Waals surface area contributed by atoms with Crippen LogP contribution in [-0.4, -0.2) is 27.3 Å². The van der Waals surface area contributed by atoms with Gasteiger partial charge in [-0.1, -0.05) is 24.0 Å². The molecule has 164 valence electrons. The first-order valence-electron chi connectivity index (χ1n) is 10.1. The number of carbonyl (C=O) groups is 1. The second-order valence-corrected chi connectivity index (χ2v) is 7.41. The zero-order valence-electron chi connectivity index (χ0n) is 17.2. The number of hydrogen-bond acceptors (Lipinski definition) is 3. The second kappa shape index (κ2) is 9.14. The molecule has 1 N–H and O–H groups in total. The first-order valence-corrected chi connectivity index (χ1v) is 10.1. The molecule has 0 radical (unpaired) electrons. The number of urea groups is 1. The summed E-state index contributed by atoms with van der Waals surface area (Å²) in [5.41, 5.74) is 2.99. The summed E-state index contributed by atoms with van der Waals surface area (Å²) in [7, 11) is 0. The first-order chi connectivity index (χ1) is 15.4. The lowest BCUT2D eigenvalue weighted by Crippen LogP contribution is -2.44. The molecule has 1 aliphatic rings. The van der Waals surface area contributed by atoms with Crippen LogP contribution in [0, 0.1) is 17.7 Å². The average Bonchev–Trinajstić information content (AvgIpc) is 3.26. The summed E-state index contributed by atoms with van der Waals surface area (Å²) in [6.07, 6.45) is 5.52. The molecule has 0 saturated heterocycles. The molecular weight excluding hydrogens is 419 g/mol. The molecule has 1 aliphatic heterocycles. The Kier molecular flexibility index (Phi) is 6.12. The number of nitrogens with zero attached hydrogens (tertiary/aromatic N) is 4. The Hall–Kier alpha value is -3.80. The number of aryl methyl sites for hydroxylation is 1. The summed E-state index contributed by atoms with van der Waals surface area (Å²) in [6.45, 7) is -0.427. The zero-order valence-corrected chi connectivity index (χ0v) is 17.2. The van der Waals surface area contributed by atoms with Crippen LogP contribution in [0.5, 0.6) is 0 Å². The standard InChI is InChI=1S/C23H20F3N5O/c1-15(18-4-2-5-19(24)11-18)29-23(32)30-9-3-6-20-21(30)10-16(12-27-20)7-8-17-13-28-31(14-17)22(25)26/h2,4-5,10-15,22H,3,6,9H2,1H3,(H,29,32)/t15-/m0/s1. The van der Waals surface area contributed by atoms with Gasteiger partial charge in [0, 0.05) is 24.5 Å². The first kappa shape index (κ1) is 21.4. The summed E-state index contributed by atoms with van der Waals surface area (Å²) in [5, 5.41) is 6.45. The van der Waals surface area contributed by atoms with Gasteiger partial charge in [-0.05, 0) is 43.5 Å². The Balaban J connectivity index is 1.53. The summed E-state index contributed by atoms with van der Waals surface area (Å²) < 4.78 is 39.3.